The first-order chi connectivity index (χ1) is 7.51. The number of nitrogens with zero attached hydrogens (tertiary/aromatic N) is 1. The smallest absolute Gasteiger partial charge is 0.0966 e. The Morgan fingerprint density at radius 1 is 1.31 bits per heavy atom. The van der Waals surface area contributed by atoms with Gasteiger partial charge in [-0.25, -0.2) is 0 Å². The van der Waals surface area contributed by atoms with Gasteiger partial charge in [0.2, 0.25) is 0 Å². The van der Waals surface area contributed by atoms with Gasteiger partial charge in [-0.05, 0) is 31.8 Å². The second-order valence-electron chi connectivity index (χ2n) is 5.46. The fourth-order valence-electron chi connectivity index (χ4n) is 2.41. The van der Waals surface area contributed by atoms with Gasteiger partial charge in [-0.2, -0.15) is 0 Å². The van der Waals surface area contributed by atoms with Crippen molar-refractivity contribution in [1.82, 2.24) is 4.90 Å². The first kappa shape index (κ1) is 13.5. The van der Waals surface area contributed by atoms with Crippen LogP contribution in [0.25, 0.3) is 0 Å². The first-order valence-electron chi connectivity index (χ1n) is 6.58. The summed E-state index contributed by atoms with van der Waals surface area (Å²) in [4.78, 5) is 2.54. The summed E-state index contributed by atoms with van der Waals surface area (Å²) < 4.78 is 0. The van der Waals surface area contributed by atoms with E-state index in [1.165, 1.54) is 19.4 Å². The van der Waals surface area contributed by atoms with Crippen molar-refractivity contribution in [2.24, 2.45) is 17.1 Å². The summed E-state index contributed by atoms with van der Waals surface area (Å²) in [5, 5.41) is 7.62. The number of nitrogens with two attached hydrogens (primary N) is 1. The minimum atomic E-state index is -0.0373. The highest BCUT2D eigenvalue weighted by atomic mass is 15.1. The van der Waals surface area contributed by atoms with Gasteiger partial charge in [0.25, 0.3) is 0 Å². The van der Waals surface area contributed by atoms with E-state index < -0.39 is 0 Å². The maximum absolute atomic E-state index is 7.62. The molecule has 0 aromatic heterocycles. The van der Waals surface area contributed by atoms with Crippen molar-refractivity contribution in [3.63, 3.8) is 0 Å². The Kier molecular flexibility index (Phi) is 4.78. The van der Waals surface area contributed by atoms with Crippen LogP contribution in [0.2, 0.25) is 0 Å². The van der Waals surface area contributed by atoms with Crippen molar-refractivity contribution in [1.29, 1.82) is 5.41 Å². The Bertz CT molecular complexity index is 225. The van der Waals surface area contributed by atoms with Crippen LogP contribution >= 0.6 is 0 Å². The molecule has 1 fully saturated rings. The molecule has 3 N–H and O–H groups in total. The topological polar surface area (TPSA) is 53.1 Å². The molecule has 1 saturated heterocycles. The van der Waals surface area contributed by atoms with Crippen LogP contribution in [0.5, 0.6) is 0 Å². The molecule has 1 rings (SSSR count). The third kappa shape index (κ3) is 3.21. The Balaban J connectivity index is 2.40. The molecule has 1 aliphatic heterocycles. The molecule has 3 heteroatoms. The average Bonchev–Trinajstić information content (AvgIpc) is 2.28. The van der Waals surface area contributed by atoms with Crippen LogP contribution in [0.3, 0.4) is 0 Å². The van der Waals surface area contributed by atoms with Crippen LogP contribution < -0.4 is 5.73 Å². The van der Waals surface area contributed by atoms with Crippen LogP contribution in [-0.2, 0) is 0 Å². The highest BCUT2D eigenvalue weighted by Gasteiger charge is 2.32. The predicted octanol–water partition coefficient (Wildman–Crippen LogP) is 2.46. The zero-order chi connectivity index (χ0) is 12.2. The van der Waals surface area contributed by atoms with E-state index in [9.17, 15) is 0 Å². The summed E-state index contributed by atoms with van der Waals surface area (Å²) in [5.41, 5.74) is 5.63. The molecule has 94 valence electrons. The van der Waals surface area contributed by atoms with Gasteiger partial charge in [-0.1, -0.05) is 33.6 Å². The van der Waals surface area contributed by atoms with Crippen molar-refractivity contribution < 1.29 is 0 Å². The second kappa shape index (κ2) is 5.67. The summed E-state index contributed by atoms with van der Waals surface area (Å²) in [6.07, 6.45) is 4.64. The third-order valence-electron chi connectivity index (χ3n) is 4.28. The molecule has 0 aromatic rings. The number of piperidine rings is 1. The summed E-state index contributed by atoms with van der Waals surface area (Å²) >= 11 is 0. The molecule has 0 unspecified atom stereocenters. The van der Waals surface area contributed by atoms with Crippen LogP contribution in [0, 0.1) is 16.7 Å². The zero-order valence-corrected chi connectivity index (χ0v) is 11.1. The normalized spacial score (nSPS) is 21.2. The minimum absolute atomic E-state index is 0.0373. The maximum atomic E-state index is 7.62. The number of amidine groups is 1. The molecule has 0 spiro atoms. The van der Waals surface area contributed by atoms with E-state index in [-0.39, 0.29) is 5.41 Å². The molecule has 0 saturated carbocycles. The predicted molar refractivity (Wildman–Crippen MR) is 69.8 cm³/mol. The monoisotopic (exact) mass is 225 g/mol. The molecule has 0 aromatic carbocycles. The van der Waals surface area contributed by atoms with Crippen molar-refractivity contribution in [3.8, 4) is 0 Å². The second-order valence-corrected chi connectivity index (χ2v) is 5.46. The van der Waals surface area contributed by atoms with E-state index in [0.29, 0.717) is 5.84 Å². The van der Waals surface area contributed by atoms with E-state index in [1.54, 1.807) is 0 Å². The SMILES string of the molecule is CCC(CC)CN1CCC(C)(C(=N)N)CC1. The van der Waals surface area contributed by atoms with Gasteiger partial charge in [-0.15, -0.1) is 0 Å². The Hall–Kier alpha value is -0.570. The van der Waals surface area contributed by atoms with Gasteiger partial charge in [0, 0.05) is 12.0 Å². The summed E-state index contributed by atoms with van der Waals surface area (Å²) in [6, 6.07) is 0. The number of hydrogen-bond acceptors (Lipinski definition) is 2. The quantitative estimate of drug-likeness (QED) is 0.558. The molecule has 1 heterocycles. The van der Waals surface area contributed by atoms with Crippen molar-refractivity contribution >= 4 is 5.84 Å². The number of rotatable bonds is 5. The zero-order valence-electron chi connectivity index (χ0n) is 11.1. The van der Waals surface area contributed by atoms with Crippen molar-refractivity contribution in [2.45, 2.75) is 46.5 Å². The molecule has 0 aliphatic carbocycles. The molecule has 0 radical (unpaired) electrons. The van der Waals surface area contributed by atoms with Gasteiger partial charge < -0.3 is 10.6 Å². The van der Waals surface area contributed by atoms with Gasteiger partial charge in [0.1, 0.15) is 0 Å². The highest BCUT2D eigenvalue weighted by Crippen LogP contribution is 2.31. The van der Waals surface area contributed by atoms with E-state index in [2.05, 4.69) is 25.7 Å². The standard InChI is InChI=1S/C13H27N3/c1-4-11(5-2)10-16-8-6-13(3,7-9-16)12(14)15/h11H,4-10H2,1-3H3,(H3,14,15). The Morgan fingerprint density at radius 2 is 1.81 bits per heavy atom. The molecule has 0 amide bonds. The minimum Gasteiger partial charge on any atom is -0.387 e. The molecular weight excluding hydrogens is 198 g/mol. The van der Waals surface area contributed by atoms with Gasteiger partial charge >= 0.3 is 0 Å². The summed E-state index contributed by atoms with van der Waals surface area (Å²) in [6.45, 7) is 10.1. The Morgan fingerprint density at radius 3 is 2.19 bits per heavy atom. The Labute approximate surface area is 99.9 Å². The first-order valence-corrected chi connectivity index (χ1v) is 6.58. The average molecular weight is 225 g/mol. The van der Waals surface area contributed by atoms with E-state index >= 15 is 0 Å². The van der Waals surface area contributed by atoms with E-state index in [0.717, 1.165) is 31.8 Å². The highest BCUT2D eigenvalue weighted by molar-refractivity contribution is 5.83. The lowest BCUT2D eigenvalue weighted by molar-refractivity contribution is 0.139. The summed E-state index contributed by atoms with van der Waals surface area (Å²) in [5.74, 6) is 1.20. The fraction of sp³-hybridized carbons (Fsp3) is 0.923. The van der Waals surface area contributed by atoms with Crippen molar-refractivity contribution in [3.05, 3.63) is 0 Å². The summed E-state index contributed by atoms with van der Waals surface area (Å²) in [7, 11) is 0. The van der Waals surface area contributed by atoms with Gasteiger partial charge in [0.05, 0.1) is 5.84 Å². The van der Waals surface area contributed by atoms with Crippen molar-refractivity contribution in [2.75, 3.05) is 19.6 Å². The fourth-order valence-corrected chi connectivity index (χ4v) is 2.41. The molecule has 16 heavy (non-hydrogen) atoms. The largest absolute Gasteiger partial charge is 0.387 e. The van der Waals surface area contributed by atoms with E-state index in [1.807, 2.05) is 0 Å². The molecule has 0 atom stereocenters. The maximum Gasteiger partial charge on any atom is 0.0966 e. The molecule has 0 bridgehead atoms. The van der Waals surface area contributed by atoms with Crippen LogP contribution in [0.4, 0.5) is 0 Å². The lowest BCUT2D eigenvalue weighted by atomic mass is 9.79. The molecule has 1 aliphatic rings. The number of likely N-dealkylation sites (tertiary alicyclic amines) is 1. The lowest BCUT2D eigenvalue weighted by Crippen LogP contribution is -2.46. The van der Waals surface area contributed by atoms with E-state index in [4.69, 9.17) is 11.1 Å². The lowest BCUT2D eigenvalue weighted by Gasteiger charge is -2.39. The number of nitrogens with one attached hydrogen (secondary N) is 1. The van der Waals surface area contributed by atoms with Crippen LogP contribution in [0.15, 0.2) is 0 Å². The van der Waals surface area contributed by atoms with Gasteiger partial charge in [-0.3, -0.25) is 5.41 Å². The van der Waals surface area contributed by atoms with Gasteiger partial charge in [0.15, 0.2) is 0 Å². The molecule has 3 nitrogen and oxygen atoms in total. The molecular formula is C13H27N3. The third-order valence-corrected chi connectivity index (χ3v) is 4.28. The van der Waals surface area contributed by atoms with Crippen LogP contribution in [0.1, 0.15) is 46.5 Å². The number of hydrogen-bond donors (Lipinski definition) is 2. The van der Waals surface area contributed by atoms with Crippen LogP contribution in [-0.4, -0.2) is 30.4 Å².